The lowest BCUT2D eigenvalue weighted by atomic mass is 10.1. The largest absolute Gasteiger partial charge is 0.478 e. The van der Waals surface area contributed by atoms with Gasteiger partial charge >= 0.3 is 5.97 Å². The third kappa shape index (κ3) is 3.93. The van der Waals surface area contributed by atoms with Crippen LogP contribution in [0.25, 0.3) is 6.08 Å². The first kappa shape index (κ1) is 15.3. The highest BCUT2D eigenvalue weighted by atomic mass is 35.5. The van der Waals surface area contributed by atoms with Crippen LogP contribution in [-0.4, -0.2) is 19.5 Å². The van der Waals surface area contributed by atoms with E-state index >= 15 is 0 Å². The van der Waals surface area contributed by atoms with E-state index in [2.05, 4.69) is 0 Å². The van der Waals surface area contributed by atoms with E-state index in [-0.39, 0.29) is 10.5 Å². The summed E-state index contributed by atoms with van der Waals surface area (Å²) in [5.74, 6) is -1.03. The van der Waals surface area contributed by atoms with Crippen molar-refractivity contribution in [1.82, 2.24) is 0 Å². The molecule has 2 aromatic carbocycles. The van der Waals surface area contributed by atoms with Gasteiger partial charge in [-0.25, -0.2) is 13.2 Å². The molecule has 0 aliphatic carbocycles. The van der Waals surface area contributed by atoms with E-state index in [0.717, 1.165) is 5.41 Å². The van der Waals surface area contributed by atoms with E-state index < -0.39 is 15.8 Å². The molecule has 0 atom stereocenters. The molecule has 0 unspecified atom stereocenters. The summed E-state index contributed by atoms with van der Waals surface area (Å²) in [5.41, 5.74) is 0.741. The van der Waals surface area contributed by atoms with Crippen LogP contribution >= 0.6 is 11.6 Å². The van der Waals surface area contributed by atoms with E-state index in [1.807, 2.05) is 0 Å². The molecule has 1 N–H and O–H groups in total. The van der Waals surface area contributed by atoms with E-state index in [1.54, 1.807) is 0 Å². The Hall–Kier alpha value is -2.11. The smallest absolute Gasteiger partial charge is 0.335 e. The number of carboxylic acid groups (broad SMARTS) is 1. The fraction of sp³-hybridized carbons (Fsp3) is 0. The first-order valence-electron chi connectivity index (χ1n) is 5.90. The Morgan fingerprint density at radius 1 is 1.00 bits per heavy atom. The molecule has 2 aromatic rings. The number of hydrogen-bond donors (Lipinski definition) is 1. The third-order valence-electron chi connectivity index (χ3n) is 2.74. The minimum atomic E-state index is -3.56. The maximum absolute atomic E-state index is 12.1. The van der Waals surface area contributed by atoms with Gasteiger partial charge in [0.1, 0.15) is 0 Å². The number of aromatic carboxylic acids is 1. The average Bonchev–Trinajstić information content (AvgIpc) is 2.46. The number of sulfone groups is 1. The lowest BCUT2D eigenvalue weighted by molar-refractivity contribution is 0.0697. The number of benzene rings is 2. The number of carbonyl (C=O) groups is 1. The second-order valence-electron chi connectivity index (χ2n) is 4.23. The van der Waals surface area contributed by atoms with E-state index in [4.69, 9.17) is 16.7 Å². The molecule has 108 valence electrons. The summed E-state index contributed by atoms with van der Waals surface area (Å²) >= 11 is 5.71. The first-order chi connectivity index (χ1) is 9.88. The molecule has 0 amide bonds. The van der Waals surface area contributed by atoms with Gasteiger partial charge in [-0.15, -0.1) is 0 Å². The normalized spacial score (nSPS) is 11.7. The Morgan fingerprint density at radius 2 is 1.57 bits per heavy atom. The SMILES string of the molecule is O=C(O)c1ccc(C=CS(=O)(=O)c2ccc(Cl)cc2)cc1. The molecule has 0 radical (unpaired) electrons. The van der Waals surface area contributed by atoms with Gasteiger partial charge in [0.2, 0.25) is 0 Å². The molecule has 0 heterocycles. The van der Waals surface area contributed by atoms with Crippen LogP contribution in [0.5, 0.6) is 0 Å². The lowest BCUT2D eigenvalue weighted by Crippen LogP contribution is -1.96. The van der Waals surface area contributed by atoms with Gasteiger partial charge in [-0.3, -0.25) is 0 Å². The van der Waals surface area contributed by atoms with Crippen LogP contribution in [0.2, 0.25) is 5.02 Å². The van der Waals surface area contributed by atoms with Crippen molar-refractivity contribution >= 4 is 33.5 Å². The fourth-order valence-electron chi connectivity index (χ4n) is 1.61. The fourth-order valence-corrected chi connectivity index (χ4v) is 2.74. The monoisotopic (exact) mass is 322 g/mol. The first-order valence-corrected chi connectivity index (χ1v) is 7.83. The quantitative estimate of drug-likeness (QED) is 0.935. The summed E-state index contributed by atoms with van der Waals surface area (Å²) in [7, 11) is -3.56. The van der Waals surface area contributed by atoms with Crippen molar-refractivity contribution in [2.75, 3.05) is 0 Å². The van der Waals surface area contributed by atoms with Gasteiger partial charge in [-0.1, -0.05) is 23.7 Å². The predicted molar refractivity (Wildman–Crippen MR) is 81.1 cm³/mol. The Morgan fingerprint density at radius 3 is 2.10 bits per heavy atom. The predicted octanol–water partition coefficient (Wildman–Crippen LogP) is 3.48. The molecular weight excluding hydrogens is 312 g/mol. The van der Waals surface area contributed by atoms with Gasteiger partial charge in [-0.2, -0.15) is 0 Å². The zero-order valence-corrected chi connectivity index (χ0v) is 12.3. The zero-order chi connectivity index (χ0) is 15.5. The zero-order valence-electron chi connectivity index (χ0n) is 10.7. The molecular formula is C15H11ClO4S. The molecule has 0 fully saturated rings. The van der Waals surface area contributed by atoms with Crippen LogP contribution in [0.15, 0.2) is 58.8 Å². The van der Waals surface area contributed by atoms with E-state index in [9.17, 15) is 13.2 Å². The van der Waals surface area contributed by atoms with Crippen LogP contribution in [0.4, 0.5) is 0 Å². The summed E-state index contributed by atoms with van der Waals surface area (Å²) in [4.78, 5) is 10.9. The van der Waals surface area contributed by atoms with Crippen molar-refractivity contribution in [3.8, 4) is 0 Å². The Balaban J connectivity index is 2.23. The average molecular weight is 323 g/mol. The molecule has 0 spiro atoms. The molecule has 4 nitrogen and oxygen atoms in total. The summed E-state index contributed by atoms with van der Waals surface area (Å²) in [5, 5.41) is 10.3. The molecule has 2 rings (SSSR count). The van der Waals surface area contributed by atoms with Crippen molar-refractivity contribution in [2.24, 2.45) is 0 Å². The van der Waals surface area contributed by atoms with E-state index in [1.165, 1.54) is 54.6 Å². The number of rotatable bonds is 4. The molecule has 0 aliphatic heterocycles. The van der Waals surface area contributed by atoms with Gasteiger partial charge in [0.25, 0.3) is 0 Å². The molecule has 0 aliphatic rings. The van der Waals surface area contributed by atoms with Crippen molar-refractivity contribution < 1.29 is 18.3 Å². The topological polar surface area (TPSA) is 71.4 Å². The molecule has 21 heavy (non-hydrogen) atoms. The van der Waals surface area contributed by atoms with Crippen molar-refractivity contribution in [3.63, 3.8) is 0 Å². The van der Waals surface area contributed by atoms with Crippen molar-refractivity contribution in [3.05, 3.63) is 70.1 Å². The number of carboxylic acids is 1. The van der Waals surface area contributed by atoms with Gasteiger partial charge in [0, 0.05) is 10.4 Å². The van der Waals surface area contributed by atoms with Crippen LogP contribution in [0.1, 0.15) is 15.9 Å². The molecule has 0 aromatic heterocycles. The maximum Gasteiger partial charge on any atom is 0.335 e. The van der Waals surface area contributed by atoms with Gasteiger partial charge in [0.05, 0.1) is 10.5 Å². The van der Waals surface area contributed by atoms with E-state index in [0.29, 0.717) is 10.6 Å². The van der Waals surface area contributed by atoms with Crippen LogP contribution in [0, 0.1) is 0 Å². The maximum atomic E-state index is 12.1. The molecule has 0 saturated carbocycles. The Labute approximate surface area is 127 Å². The van der Waals surface area contributed by atoms with Crippen LogP contribution < -0.4 is 0 Å². The Bertz CT molecular complexity index is 775. The minimum Gasteiger partial charge on any atom is -0.478 e. The summed E-state index contributed by atoms with van der Waals surface area (Å²) < 4.78 is 24.1. The number of halogens is 1. The second kappa shape index (κ2) is 6.11. The Kier molecular flexibility index (Phi) is 4.45. The third-order valence-corrected chi connectivity index (χ3v) is 4.42. The second-order valence-corrected chi connectivity index (χ2v) is 6.50. The summed E-state index contributed by atoms with van der Waals surface area (Å²) in [6.45, 7) is 0. The summed E-state index contributed by atoms with van der Waals surface area (Å²) in [6, 6.07) is 11.8. The van der Waals surface area contributed by atoms with Gasteiger partial charge in [-0.05, 0) is 48.0 Å². The summed E-state index contributed by atoms with van der Waals surface area (Å²) in [6.07, 6.45) is 1.41. The molecule has 0 bridgehead atoms. The number of hydrogen-bond acceptors (Lipinski definition) is 3. The van der Waals surface area contributed by atoms with Crippen LogP contribution in [-0.2, 0) is 9.84 Å². The van der Waals surface area contributed by atoms with Gasteiger partial charge < -0.3 is 5.11 Å². The highest BCUT2D eigenvalue weighted by Crippen LogP contribution is 2.17. The highest BCUT2D eigenvalue weighted by molar-refractivity contribution is 7.94. The minimum absolute atomic E-state index is 0.144. The van der Waals surface area contributed by atoms with Gasteiger partial charge in [0.15, 0.2) is 9.84 Å². The standard InChI is InChI=1S/C15H11ClO4S/c16-13-5-7-14(8-6-13)21(19,20)10-9-11-1-3-12(4-2-11)15(17)18/h1-10H,(H,17,18). The van der Waals surface area contributed by atoms with Crippen molar-refractivity contribution in [1.29, 1.82) is 0 Å². The van der Waals surface area contributed by atoms with Crippen molar-refractivity contribution in [2.45, 2.75) is 4.90 Å². The highest BCUT2D eigenvalue weighted by Gasteiger charge is 2.09. The molecule has 0 saturated heterocycles. The lowest BCUT2D eigenvalue weighted by Gasteiger charge is -1.99. The van der Waals surface area contributed by atoms with Crippen LogP contribution in [0.3, 0.4) is 0 Å². The molecule has 6 heteroatoms.